The molecule has 1 aromatic rings. The van der Waals surface area contributed by atoms with Crippen LogP contribution < -0.4 is 25.8 Å². The molecule has 4 N–H and O–H groups in total. The number of ether oxygens (including phenoxy) is 4. The third-order valence-electron chi connectivity index (χ3n) is 7.99. The van der Waals surface area contributed by atoms with Gasteiger partial charge in [-0.15, -0.1) is 0 Å². The minimum Gasteiger partial charge on any atom is -0.493 e. The largest absolute Gasteiger partial charge is 0.493 e. The van der Waals surface area contributed by atoms with Gasteiger partial charge in [0, 0.05) is 32.6 Å². The molecule has 2 rings (SSSR count). The summed E-state index contributed by atoms with van der Waals surface area (Å²) in [6, 6.07) is 5.76. The zero-order valence-electron chi connectivity index (χ0n) is 26.1. The van der Waals surface area contributed by atoms with E-state index in [0.29, 0.717) is 43.5 Å². The summed E-state index contributed by atoms with van der Waals surface area (Å²) in [4.78, 5) is 37.2. The van der Waals surface area contributed by atoms with Crippen LogP contribution in [-0.2, 0) is 25.5 Å². The SMILES string of the molecule is COCCCOc1cc(C[C@@H](C[C@@H]2NC(=O)O[C@H]2C[C@H](C(=O)NCC(C)(C)C(N)=O)C(C)C)C(C)C)ccc1OC. The van der Waals surface area contributed by atoms with Gasteiger partial charge in [-0.1, -0.05) is 33.8 Å². The molecule has 3 amide bonds. The van der Waals surface area contributed by atoms with E-state index < -0.39 is 29.4 Å². The Morgan fingerprint density at radius 2 is 1.78 bits per heavy atom. The van der Waals surface area contributed by atoms with Gasteiger partial charge in [-0.2, -0.15) is 0 Å². The second kappa shape index (κ2) is 15.8. The van der Waals surface area contributed by atoms with E-state index in [0.717, 1.165) is 18.4 Å². The van der Waals surface area contributed by atoms with Crippen molar-refractivity contribution in [1.82, 2.24) is 10.6 Å². The molecule has 0 radical (unpaired) electrons. The standard InChI is InChI=1S/C31H51N3O7/c1-19(2)22(14-21-10-11-25(39-8)27(15-21)40-13-9-12-38-7)16-24-26(41-30(37)34-24)17-23(20(3)4)28(35)33-18-31(5,6)29(32)36/h10-11,15,19-20,22-24,26H,9,12-14,16-18H2,1-8H3,(H2,32,36)(H,33,35)(H,34,37)/t22-,23-,24-,26-/m0/s1. The van der Waals surface area contributed by atoms with Crippen molar-refractivity contribution in [2.75, 3.05) is 34.0 Å². The summed E-state index contributed by atoms with van der Waals surface area (Å²) < 4.78 is 22.3. The highest BCUT2D eigenvalue weighted by atomic mass is 16.6. The fraction of sp³-hybridized carbons (Fsp3) is 0.710. The molecule has 0 spiro atoms. The number of cyclic esters (lactones) is 1. The van der Waals surface area contributed by atoms with Gasteiger partial charge in [0.25, 0.3) is 0 Å². The molecular weight excluding hydrogens is 526 g/mol. The first-order chi connectivity index (χ1) is 19.3. The summed E-state index contributed by atoms with van der Waals surface area (Å²) in [5, 5.41) is 5.87. The summed E-state index contributed by atoms with van der Waals surface area (Å²) in [6.07, 6.45) is 1.74. The van der Waals surface area contributed by atoms with Crippen molar-refractivity contribution in [2.45, 2.75) is 79.4 Å². The minimum absolute atomic E-state index is 0.00847. The van der Waals surface area contributed by atoms with Crippen LogP contribution in [0, 0.1) is 29.1 Å². The Labute approximate surface area is 245 Å². The molecule has 0 aromatic heterocycles. The molecule has 1 aromatic carbocycles. The molecule has 1 aliphatic rings. The summed E-state index contributed by atoms with van der Waals surface area (Å²) >= 11 is 0. The highest BCUT2D eigenvalue weighted by Crippen LogP contribution is 2.33. The quantitative estimate of drug-likeness (QED) is 0.224. The van der Waals surface area contributed by atoms with Crippen LogP contribution in [0.5, 0.6) is 11.5 Å². The summed E-state index contributed by atoms with van der Waals surface area (Å²) in [5.41, 5.74) is 5.72. The monoisotopic (exact) mass is 577 g/mol. The lowest BCUT2D eigenvalue weighted by molar-refractivity contribution is -0.129. The number of carbonyl (C=O) groups is 3. The Morgan fingerprint density at radius 3 is 2.37 bits per heavy atom. The van der Waals surface area contributed by atoms with E-state index in [2.05, 4.69) is 24.5 Å². The van der Waals surface area contributed by atoms with Gasteiger partial charge in [0.2, 0.25) is 11.8 Å². The fourth-order valence-corrected chi connectivity index (χ4v) is 4.95. The number of alkyl carbamates (subject to hydrolysis) is 1. The molecule has 0 saturated carbocycles. The number of nitrogens with one attached hydrogen (secondary N) is 2. The lowest BCUT2D eigenvalue weighted by Gasteiger charge is -2.29. The van der Waals surface area contributed by atoms with E-state index in [1.807, 2.05) is 32.0 Å². The third-order valence-corrected chi connectivity index (χ3v) is 7.99. The molecule has 232 valence electrons. The van der Waals surface area contributed by atoms with Gasteiger partial charge in [-0.05, 0) is 68.6 Å². The molecule has 10 heteroatoms. The predicted molar refractivity (Wildman–Crippen MR) is 158 cm³/mol. The first-order valence-electron chi connectivity index (χ1n) is 14.6. The van der Waals surface area contributed by atoms with Crippen molar-refractivity contribution >= 4 is 17.9 Å². The first kappa shape index (κ1) is 34.2. The van der Waals surface area contributed by atoms with Crippen LogP contribution >= 0.6 is 0 Å². The molecular formula is C31H51N3O7. The van der Waals surface area contributed by atoms with Crippen molar-refractivity contribution in [3.05, 3.63) is 23.8 Å². The van der Waals surface area contributed by atoms with Gasteiger partial charge in [0.15, 0.2) is 11.5 Å². The Kier molecular flexibility index (Phi) is 13.2. The maximum absolute atomic E-state index is 13.1. The third kappa shape index (κ3) is 10.4. The van der Waals surface area contributed by atoms with Gasteiger partial charge in [0.05, 0.1) is 25.2 Å². The number of amides is 3. The van der Waals surface area contributed by atoms with Crippen molar-refractivity contribution in [3.8, 4) is 11.5 Å². The van der Waals surface area contributed by atoms with E-state index in [4.69, 9.17) is 24.7 Å². The zero-order chi connectivity index (χ0) is 30.7. The highest BCUT2D eigenvalue weighted by molar-refractivity contribution is 5.83. The van der Waals surface area contributed by atoms with Crippen LogP contribution in [-0.4, -0.2) is 64.0 Å². The number of hydrogen-bond donors (Lipinski definition) is 3. The molecule has 1 fully saturated rings. The summed E-state index contributed by atoms with van der Waals surface area (Å²) in [7, 11) is 3.29. The normalized spacial score (nSPS) is 18.5. The molecule has 0 aliphatic carbocycles. The number of methoxy groups -OCH3 is 2. The van der Waals surface area contributed by atoms with Crippen molar-refractivity contribution in [1.29, 1.82) is 0 Å². The second-order valence-corrected chi connectivity index (χ2v) is 12.4. The average Bonchev–Trinajstić information content (AvgIpc) is 3.26. The molecule has 1 saturated heterocycles. The predicted octanol–water partition coefficient (Wildman–Crippen LogP) is 4.08. The van der Waals surface area contributed by atoms with Crippen LogP contribution in [0.25, 0.3) is 0 Å². The van der Waals surface area contributed by atoms with Crippen LogP contribution in [0.3, 0.4) is 0 Å². The van der Waals surface area contributed by atoms with E-state index >= 15 is 0 Å². The van der Waals surface area contributed by atoms with Gasteiger partial charge in [-0.3, -0.25) is 9.59 Å². The van der Waals surface area contributed by atoms with E-state index in [1.165, 1.54) is 0 Å². The number of benzene rings is 1. The van der Waals surface area contributed by atoms with Crippen molar-refractivity contribution < 1.29 is 33.3 Å². The maximum atomic E-state index is 13.1. The van der Waals surface area contributed by atoms with E-state index in [1.54, 1.807) is 28.1 Å². The van der Waals surface area contributed by atoms with Crippen LogP contribution in [0.15, 0.2) is 18.2 Å². The first-order valence-corrected chi connectivity index (χ1v) is 14.6. The topological polar surface area (TPSA) is 138 Å². The Morgan fingerprint density at radius 1 is 1.07 bits per heavy atom. The maximum Gasteiger partial charge on any atom is 0.407 e. The number of hydrogen-bond acceptors (Lipinski definition) is 7. The Balaban J connectivity index is 2.13. The number of carbonyl (C=O) groups excluding carboxylic acids is 3. The van der Waals surface area contributed by atoms with Crippen LogP contribution in [0.2, 0.25) is 0 Å². The number of rotatable bonds is 18. The lowest BCUT2D eigenvalue weighted by atomic mass is 9.80. The van der Waals surface area contributed by atoms with Crippen molar-refractivity contribution in [3.63, 3.8) is 0 Å². The van der Waals surface area contributed by atoms with Gasteiger partial charge in [-0.25, -0.2) is 4.79 Å². The molecule has 1 heterocycles. The van der Waals surface area contributed by atoms with Gasteiger partial charge < -0.3 is 35.3 Å². The number of nitrogens with two attached hydrogens (primary N) is 1. The minimum atomic E-state index is -0.859. The summed E-state index contributed by atoms with van der Waals surface area (Å²) in [6.45, 7) is 13.0. The zero-order valence-corrected chi connectivity index (χ0v) is 26.1. The van der Waals surface area contributed by atoms with Crippen LogP contribution in [0.4, 0.5) is 4.79 Å². The lowest BCUT2D eigenvalue weighted by Crippen LogP contribution is -2.46. The van der Waals surface area contributed by atoms with Gasteiger partial charge >= 0.3 is 6.09 Å². The fourth-order valence-electron chi connectivity index (χ4n) is 4.95. The number of primary amides is 1. The van der Waals surface area contributed by atoms with Gasteiger partial charge in [0.1, 0.15) is 6.10 Å². The second-order valence-electron chi connectivity index (χ2n) is 12.4. The van der Waals surface area contributed by atoms with Crippen molar-refractivity contribution in [2.24, 2.45) is 34.8 Å². The van der Waals surface area contributed by atoms with E-state index in [9.17, 15) is 14.4 Å². The molecule has 1 aliphatic heterocycles. The van der Waals surface area contributed by atoms with Crippen LogP contribution in [0.1, 0.15) is 66.4 Å². The average molecular weight is 578 g/mol. The molecule has 0 bridgehead atoms. The molecule has 4 atom stereocenters. The molecule has 0 unspecified atom stereocenters. The van der Waals surface area contributed by atoms with E-state index in [-0.39, 0.29) is 30.3 Å². The Bertz CT molecular complexity index is 1010. The highest BCUT2D eigenvalue weighted by Gasteiger charge is 2.40. The molecule has 10 nitrogen and oxygen atoms in total. The summed E-state index contributed by atoms with van der Waals surface area (Å²) in [5.74, 6) is 0.917. The smallest absolute Gasteiger partial charge is 0.407 e. The molecule has 41 heavy (non-hydrogen) atoms. The Hall–Kier alpha value is -3.01.